The molecule has 14 heavy (non-hydrogen) atoms. The number of fused-ring (bicyclic) bond motifs is 3. The van der Waals surface area contributed by atoms with Crippen LogP contribution < -0.4 is 5.73 Å². The van der Waals surface area contributed by atoms with E-state index in [4.69, 9.17) is 5.73 Å². The molecule has 76 valence electrons. The fourth-order valence-electron chi connectivity index (χ4n) is 3.40. The highest BCUT2D eigenvalue weighted by Crippen LogP contribution is 2.49. The van der Waals surface area contributed by atoms with Crippen LogP contribution in [0.1, 0.15) is 36.5 Å². The lowest BCUT2D eigenvalue weighted by Crippen LogP contribution is -2.47. The van der Waals surface area contributed by atoms with Crippen LogP contribution in [0.4, 0.5) is 0 Å². The zero-order valence-corrected chi connectivity index (χ0v) is 9.17. The van der Waals surface area contributed by atoms with Crippen LogP contribution in [0.3, 0.4) is 0 Å². The average molecular weight is 207 g/mol. The standard InChI is InChI=1S/C12H17NS/c13-12-9-5-3-8(4-6-9)11(12)10-2-1-7-14-10/h1-2,7-9,11-12H,3-6,13H2. The van der Waals surface area contributed by atoms with Crippen molar-refractivity contribution in [3.8, 4) is 0 Å². The normalized spacial score (nSPS) is 41.5. The summed E-state index contributed by atoms with van der Waals surface area (Å²) in [6.07, 6.45) is 5.60. The van der Waals surface area contributed by atoms with Crippen molar-refractivity contribution in [3.63, 3.8) is 0 Å². The third kappa shape index (κ3) is 1.24. The maximum atomic E-state index is 6.36. The van der Waals surface area contributed by atoms with Gasteiger partial charge in [-0.05, 0) is 49.0 Å². The molecule has 0 radical (unpaired) electrons. The number of thiophene rings is 1. The summed E-state index contributed by atoms with van der Waals surface area (Å²) in [5.41, 5.74) is 6.36. The Morgan fingerprint density at radius 1 is 1.14 bits per heavy atom. The van der Waals surface area contributed by atoms with E-state index in [0.717, 1.165) is 11.8 Å². The second-order valence-electron chi connectivity index (χ2n) is 4.79. The van der Waals surface area contributed by atoms with Gasteiger partial charge in [0.25, 0.3) is 0 Å². The second kappa shape index (κ2) is 3.35. The molecule has 0 aromatic carbocycles. The predicted molar refractivity (Wildman–Crippen MR) is 60.5 cm³/mol. The van der Waals surface area contributed by atoms with Crippen LogP contribution in [0.5, 0.6) is 0 Å². The highest BCUT2D eigenvalue weighted by Gasteiger charge is 2.42. The maximum Gasteiger partial charge on any atom is 0.0147 e. The highest BCUT2D eigenvalue weighted by atomic mass is 32.1. The van der Waals surface area contributed by atoms with Crippen LogP contribution in [0.2, 0.25) is 0 Å². The van der Waals surface area contributed by atoms with Crippen LogP contribution in [0, 0.1) is 11.8 Å². The minimum atomic E-state index is 0.446. The van der Waals surface area contributed by atoms with Crippen molar-refractivity contribution in [1.29, 1.82) is 0 Å². The van der Waals surface area contributed by atoms with Gasteiger partial charge in [-0.2, -0.15) is 0 Å². The van der Waals surface area contributed by atoms with Gasteiger partial charge >= 0.3 is 0 Å². The molecule has 0 amide bonds. The monoisotopic (exact) mass is 207 g/mol. The second-order valence-corrected chi connectivity index (χ2v) is 5.77. The Morgan fingerprint density at radius 2 is 1.86 bits per heavy atom. The molecule has 3 fully saturated rings. The Morgan fingerprint density at radius 3 is 2.43 bits per heavy atom. The summed E-state index contributed by atoms with van der Waals surface area (Å²) in [4.78, 5) is 1.53. The molecule has 1 aromatic heterocycles. The van der Waals surface area contributed by atoms with Gasteiger partial charge in [-0.25, -0.2) is 0 Å². The summed E-state index contributed by atoms with van der Waals surface area (Å²) in [6.45, 7) is 0. The summed E-state index contributed by atoms with van der Waals surface area (Å²) in [6, 6.07) is 4.88. The van der Waals surface area contributed by atoms with Crippen LogP contribution in [0.25, 0.3) is 0 Å². The zero-order chi connectivity index (χ0) is 9.54. The quantitative estimate of drug-likeness (QED) is 0.752. The Hall–Kier alpha value is -0.340. The van der Waals surface area contributed by atoms with E-state index in [1.54, 1.807) is 0 Å². The molecule has 2 atom stereocenters. The molecular formula is C12H17NS. The van der Waals surface area contributed by atoms with Gasteiger partial charge < -0.3 is 5.73 Å². The van der Waals surface area contributed by atoms with E-state index in [-0.39, 0.29) is 0 Å². The van der Waals surface area contributed by atoms with Crippen molar-refractivity contribution >= 4 is 11.3 Å². The minimum Gasteiger partial charge on any atom is -0.327 e. The molecule has 2 unspecified atom stereocenters. The molecule has 0 saturated heterocycles. The van der Waals surface area contributed by atoms with Crippen molar-refractivity contribution in [3.05, 3.63) is 22.4 Å². The van der Waals surface area contributed by atoms with E-state index in [1.807, 2.05) is 11.3 Å². The first-order valence-corrected chi connectivity index (χ1v) is 6.53. The number of hydrogen-bond donors (Lipinski definition) is 1. The predicted octanol–water partition coefficient (Wildman–Crippen LogP) is 2.98. The van der Waals surface area contributed by atoms with Gasteiger partial charge in [0.05, 0.1) is 0 Å². The smallest absolute Gasteiger partial charge is 0.0147 e. The minimum absolute atomic E-state index is 0.446. The van der Waals surface area contributed by atoms with Gasteiger partial charge in [-0.1, -0.05) is 6.07 Å². The first-order valence-electron chi connectivity index (χ1n) is 5.65. The van der Waals surface area contributed by atoms with Gasteiger partial charge in [0.2, 0.25) is 0 Å². The summed E-state index contributed by atoms with van der Waals surface area (Å²) in [5, 5.41) is 2.18. The lowest BCUT2D eigenvalue weighted by Gasteiger charge is -2.46. The first-order chi connectivity index (χ1) is 6.86. The molecule has 3 aliphatic carbocycles. The lowest BCUT2D eigenvalue weighted by atomic mass is 9.61. The molecule has 3 saturated carbocycles. The van der Waals surface area contributed by atoms with Crippen LogP contribution >= 0.6 is 11.3 Å². The fraction of sp³-hybridized carbons (Fsp3) is 0.667. The third-order valence-corrected chi connectivity index (χ3v) is 5.13. The molecule has 1 aromatic rings. The SMILES string of the molecule is NC1C2CCC(CC2)C1c1cccs1. The molecule has 1 nitrogen and oxygen atoms in total. The van der Waals surface area contributed by atoms with E-state index in [9.17, 15) is 0 Å². The lowest BCUT2D eigenvalue weighted by molar-refractivity contribution is 0.118. The van der Waals surface area contributed by atoms with E-state index < -0.39 is 0 Å². The number of nitrogens with two attached hydrogens (primary N) is 1. The van der Waals surface area contributed by atoms with Gasteiger partial charge in [0, 0.05) is 16.8 Å². The van der Waals surface area contributed by atoms with Gasteiger partial charge in [-0.15, -0.1) is 11.3 Å². The Kier molecular flexibility index (Phi) is 2.14. The molecule has 2 bridgehead atoms. The summed E-state index contributed by atoms with van der Waals surface area (Å²) in [5.74, 6) is 2.38. The molecule has 1 heterocycles. The topological polar surface area (TPSA) is 26.0 Å². The molecule has 3 aliphatic rings. The summed E-state index contributed by atoms with van der Waals surface area (Å²) in [7, 11) is 0. The molecule has 2 heteroatoms. The van der Waals surface area contributed by atoms with Gasteiger partial charge in [0.15, 0.2) is 0 Å². The van der Waals surface area contributed by atoms with E-state index in [2.05, 4.69) is 17.5 Å². The van der Waals surface area contributed by atoms with Gasteiger partial charge in [-0.3, -0.25) is 0 Å². The number of hydrogen-bond acceptors (Lipinski definition) is 2. The summed E-state index contributed by atoms with van der Waals surface area (Å²) < 4.78 is 0. The van der Waals surface area contributed by atoms with E-state index in [0.29, 0.717) is 12.0 Å². The summed E-state index contributed by atoms with van der Waals surface area (Å²) >= 11 is 1.89. The van der Waals surface area contributed by atoms with Gasteiger partial charge in [0.1, 0.15) is 0 Å². The third-order valence-electron chi connectivity index (χ3n) is 4.16. The molecule has 0 aliphatic heterocycles. The zero-order valence-electron chi connectivity index (χ0n) is 8.36. The molecule has 2 N–H and O–H groups in total. The average Bonchev–Trinajstić information content (AvgIpc) is 2.72. The highest BCUT2D eigenvalue weighted by molar-refractivity contribution is 7.10. The van der Waals surface area contributed by atoms with Crippen molar-refractivity contribution in [2.75, 3.05) is 0 Å². The molecule has 4 rings (SSSR count). The largest absolute Gasteiger partial charge is 0.327 e. The molecular weight excluding hydrogens is 190 g/mol. The van der Waals surface area contributed by atoms with Crippen LogP contribution in [-0.4, -0.2) is 6.04 Å². The first kappa shape index (κ1) is 8.93. The number of rotatable bonds is 1. The fourth-order valence-corrected chi connectivity index (χ4v) is 4.38. The Bertz CT molecular complexity index is 296. The van der Waals surface area contributed by atoms with E-state index in [1.165, 1.54) is 30.6 Å². The maximum absolute atomic E-state index is 6.36. The van der Waals surface area contributed by atoms with Crippen LogP contribution in [0.15, 0.2) is 17.5 Å². The Balaban J connectivity index is 1.92. The van der Waals surface area contributed by atoms with Crippen molar-refractivity contribution in [2.24, 2.45) is 17.6 Å². The van der Waals surface area contributed by atoms with Crippen LogP contribution in [-0.2, 0) is 0 Å². The van der Waals surface area contributed by atoms with Crippen molar-refractivity contribution < 1.29 is 0 Å². The molecule has 0 spiro atoms. The Labute approximate surface area is 89.3 Å². The van der Waals surface area contributed by atoms with Crippen molar-refractivity contribution in [2.45, 2.75) is 37.6 Å². The van der Waals surface area contributed by atoms with Crippen molar-refractivity contribution in [1.82, 2.24) is 0 Å². The van der Waals surface area contributed by atoms with E-state index >= 15 is 0 Å².